The molecule has 0 amide bonds. The van der Waals surface area contributed by atoms with E-state index >= 15 is 0 Å². The Balaban J connectivity index is 4.44. The van der Waals surface area contributed by atoms with Crippen LogP contribution < -0.4 is 5.32 Å². The van der Waals surface area contributed by atoms with E-state index in [1.807, 2.05) is 27.0 Å². The molecule has 2 N–H and O–H groups in total. The topological polar surface area (TPSA) is 49.3 Å². The second-order valence-corrected chi connectivity index (χ2v) is 5.12. The van der Waals surface area contributed by atoms with Gasteiger partial charge in [0.05, 0.1) is 0 Å². The van der Waals surface area contributed by atoms with Gasteiger partial charge in [-0.3, -0.25) is 10.1 Å². The van der Waals surface area contributed by atoms with Crippen molar-refractivity contribution in [2.45, 2.75) is 51.6 Å². The number of carboxylic acid groups (broad SMARTS) is 1. The lowest BCUT2D eigenvalue weighted by molar-refractivity contribution is -0.145. The monoisotopic (exact) mass is 233 g/mol. The minimum atomic E-state index is -0.732. The third kappa shape index (κ3) is 4.89. The van der Waals surface area contributed by atoms with E-state index in [4.69, 9.17) is 0 Å². The Kier molecular flexibility index (Phi) is 7.02. The first-order chi connectivity index (χ1) is 6.98. The van der Waals surface area contributed by atoms with E-state index in [0.717, 1.165) is 12.2 Å². The van der Waals surface area contributed by atoms with Gasteiger partial charge in [0, 0.05) is 6.04 Å². The summed E-state index contributed by atoms with van der Waals surface area (Å²) >= 11 is 1.76. The molecule has 0 aromatic heterocycles. The van der Waals surface area contributed by atoms with Crippen molar-refractivity contribution in [3.05, 3.63) is 0 Å². The predicted molar refractivity (Wildman–Crippen MR) is 66.5 cm³/mol. The molecule has 0 aliphatic heterocycles. The average molecular weight is 233 g/mol. The summed E-state index contributed by atoms with van der Waals surface area (Å²) in [5.74, 6) is 0.300. The zero-order valence-corrected chi connectivity index (χ0v) is 11.0. The average Bonchev–Trinajstić information content (AvgIpc) is 2.15. The number of carboxylic acids is 1. The molecule has 0 aliphatic carbocycles. The maximum Gasteiger partial charge on any atom is 0.323 e. The van der Waals surface area contributed by atoms with Crippen molar-refractivity contribution in [3.63, 3.8) is 0 Å². The van der Waals surface area contributed by atoms with Gasteiger partial charge >= 0.3 is 5.97 Å². The molecule has 1 unspecified atom stereocenters. The maximum atomic E-state index is 11.3. The molecule has 3 nitrogen and oxygen atoms in total. The fourth-order valence-corrected chi connectivity index (χ4v) is 2.17. The van der Waals surface area contributed by atoms with E-state index in [1.54, 1.807) is 11.8 Å². The molecule has 0 aromatic carbocycles. The Labute approximate surface area is 97.0 Å². The van der Waals surface area contributed by atoms with Crippen LogP contribution in [0.2, 0.25) is 0 Å². The van der Waals surface area contributed by atoms with Crippen molar-refractivity contribution in [3.8, 4) is 0 Å². The van der Waals surface area contributed by atoms with Gasteiger partial charge in [-0.05, 0) is 45.1 Å². The highest BCUT2D eigenvalue weighted by Crippen LogP contribution is 2.20. The number of aliphatic carboxylic acids is 1. The molecular formula is C11H23NO2S. The summed E-state index contributed by atoms with van der Waals surface area (Å²) in [5, 5.41) is 12.5. The number of thioether (sulfide) groups is 1. The Morgan fingerprint density at radius 3 is 2.47 bits per heavy atom. The molecule has 0 fully saturated rings. The van der Waals surface area contributed by atoms with Gasteiger partial charge in [0.15, 0.2) is 0 Å². The van der Waals surface area contributed by atoms with Crippen molar-refractivity contribution in [2.75, 3.05) is 12.0 Å². The molecule has 0 aromatic rings. The Hall–Kier alpha value is -0.220. The van der Waals surface area contributed by atoms with E-state index in [9.17, 15) is 9.90 Å². The highest BCUT2D eigenvalue weighted by atomic mass is 32.2. The van der Waals surface area contributed by atoms with Crippen molar-refractivity contribution in [1.29, 1.82) is 0 Å². The van der Waals surface area contributed by atoms with Crippen molar-refractivity contribution < 1.29 is 9.90 Å². The summed E-state index contributed by atoms with van der Waals surface area (Å²) in [6, 6.07) is 0.204. The summed E-state index contributed by atoms with van der Waals surface area (Å²) in [4.78, 5) is 11.3. The molecule has 4 heteroatoms. The number of nitrogens with one attached hydrogen (secondary N) is 1. The minimum Gasteiger partial charge on any atom is -0.480 e. The first-order valence-electron chi connectivity index (χ1n) is 5.48. The molecule has 0 radical (unpaired) electrons. The minimum absolute atomic E-state index is 0.204. The van der Waals surface area contributed by atoms with Crippen LogP contribution in [0.4, 0.5) is 0 Å². The number of hydrogen-bond donors (Lipinski definition) is 2. The van der Waals surface area contributed by atoms with Crippen molar-refractivity contribution >= 4 is 17.7 Å². The lowest BCUT2D eigenvalue weighted by Crippen LogP contribution is -2.54. The summed E-state index contributed by atoms with van der Waals surface area (Å²) < 4.78 is 0. The van der Waals surface area contributed by atoms with E-state index in [1.165, 1.54) is 0 Å². The number of carbonyl (C=O) groups is 1. The number of hydrogen-bond acceptors (Lipinski definition) is 3. The lowest BCUT2D eigenvalue weighted by Gasteiger charge is -2.31. The van der Waals surface area contributed by atoms with Crippen LogP contribution >= 0.6 is 11.8 Å². The Morgan fingerprint density at radius 2 is 2.13 bits per heavy atom. The summed E-state index contributed by atoms with van der Waals surface area (Å²) in [6.07, 6.45) is 4.33. The standard InChI is InChI=1S/C11H23NO2S/c1-5-11(10(13)14,12-9(2)3)7-6-8-15-4/h9,12H,5-8H2,1-4H3,(H,13,14). The first-order valence-corrected chi connectivity index (χ1v) is 6.88. The van der Waals surface area contributed by atoms with E-state index in [-0.39, 0.29) is 6.04 Å². The van der Waals surface area contributed by atoms with Crippen LogP contribution in [0, 0.1) is 0 Å². The van der Waals surface area contributed by atoms with Crippen LogP contribution in [0.1, 0.15) is 40.0 Å². The fraction of sp³-hybridized carbons (Fsp3) is 0.909. The van der Waals surface area contributed by atoms with E-state index in [2.05, 4.69) is 5.32 Å². The molecule has 90 valence electrons. The normalized spacial score (nSPS) is 15.3. The molecule has 0 rings (SSSR count). The van der Waals surface area contributed by atoms with Crippen molar-refractivity contribution in [1.82, 2.24) is 5.32 Å². The first kappa shape index (κ1) is 14.8. The summed E-state index contributed by atoms with van der Waals surface area (Å²) in [7, 11) is 0. The van der Waals surface area contributed by atoms with Crippen LogP contribution in [0.15, 0.2) is 0 Å². The Bertz CT molecular complexity index is 197. The van der Waals surface area contributed by atoms with Crippen LogP contribution in [0.3, 0.4) is 0 Å². The van der Waals surface area contributed by atoms with Crippen LogP contribution in [0.5, 0.6) is 0 Å². The summed E-state index contributed by atoms with van der Waals surface area (Å²) in [6.45, 7) is 5.91. The smallest absolute Gasteiger partial charge is 0.323 e. The maximum absolute atomic E-state index is 11.3. The van der Waals surface area contributed by atoms with Crippen LogP contribution in [0.25, 0.3) is 0 Å². The zero-order valence-electron chi connectivity index (χ0n) is 10.2. The highest BCUT2D eigenvalue weighted by molar-refractivity contribution is 7.98. The van der Waals surface area contributed by atoms with Crippen LogP contribution in [-0.2, 0) is 4.79 Å². The highest BCUT2D eigenvalue weighted by Gasteiger charge is 2.36. The molecule has 0 saturated carbocycles. The SMILES string of the molecule is CCC(CCCSC)(NC(C)C)C(=O)O. The third-order valence-corrected chi connectivity index (χ3v) is 3.23. The Morgan fingerprint density at radius 1 is 1.53 bits per heavy atom. The molecule has 0 aliphatic rings. The molecule has 1 atom stereocenters. The van der Waals surface area contributed by atoms with Gasteiger partial charge in [-0.25, -0.2) is 0 Å². The lowest BCUT2D eigenvalue weighted by atomic mass is 9.90. The fourth-order valence-electron chi connectivity index (χ4n) is 1.74. The van der Waals surface area contributed by atoms with Gasteiger partial charge in [-0.2, -0.15) is 11.8 Å². The van der Waals surface area contributed by atoms with Crippen LogP contribution in [-0.4, -0.2) is 34.7 Å². The second-order valence-electron chi connectivity index (χ2n) is 4.14. The van der Waals surface area contributed by atoms with Crippen molar-refractivity contribution in [2.24, 2.45) is 0 Å². The van der Waals surface area contributed by atoms with Gasteiger partial charge in [0.2, 0.25) is 0 Å². The van der Waals surface area contributed by atoms with Gasteiger partial charge < -0.3 is 5.11 Å². The number of rotatable bonds is 8. The molecule has 0 spiro atoms. The largest absolute Gasteiger partial charge is 0.480 e. The third-order valence-electron chi connectivity index (χ3n) is 2.53. The zero-order chi connectivity index (χ0) is 11.9. The van der Waals surface area contributed by atoms with E-state index in [0.29, 0.717) is 12.8 Å². The molecule has 0 saturated heterocycles. The van der Waals surface area contributed by atoms with Gasteiger partial charge in [-0.15, -0.1) is 0 Å². The second kappa shape index (κ2) is 7.12. The molecular weight excluding hydrogens is 210 g/mol. The molecule has 15 heavy (non-hydrogen) atoms. The molecule has 0 bridgehead atoms. The summed E-state index contributed by atoms with van der Waals surface area (Å²) in [5.41, 5.74) is -0.732. The van der Waals surface area contributed by atoms with Gasteiger partial charge in [0.1, 0.15) is 5.54 Å². The van der Waals surface area contributed by atoms with Gasteiger partial charge in [-0.1, -0.05) is 6.92 Å². The predicted octanol–water partition coefficient (Wildman–Crippen LogP) is 2.36. The van der Waals surface area contributed by atoms with Gasteiger partial charge in [0.25, 0.3) is 0 Å². The van der Waals surface area contributed by atoms with E-state index < -0.39 is 11.5 Å². The quantitative estimate of drug-likeness (QED) is 0.632. The molecule has 0 heterocycles.